The third-order valence-corrected chi connectivity index (χ3v) is 3.83. The lowest BCUT2D eigenvalue weighted by Gasteiger charge is -2.16. The van der Waals surface area contributed by atoms with Crippen LogP contribution in [0.25, 0.3) is 16.6 Å². The van der Waals surface area contributed by atoms with Gasteiger partial charge in [0.2, 0.25) is 0 Å². The molecule has 2 N–H and O–H groups in total. The van der Waals surface area contributed by atoms with Gasteiger partial charge in [0.05, 0.1) is 18.1 Å². The number of nitriles is 1. The number of para-hydroxylation sites is 2. The van der Waals surface area contributed by atoms with Gasteiger partial charge in [0.25, 0.3) is 5.91 Å². The minimum atomic E-state index is -0.0695. The zero-order chi connectivity index (χ0) is 17.9. The van der Waals surface area contributed by atoms with Gasteiger partial charge >= 0.3 is 0 Å². The number of hydrogen-bond donors (Lipinski definition) is 2. The van der Waals surface area contributed by atoms with Gasteiger partial charge in [0.15, 0.2) is 18.1 Å². The number of amides is 1. The highest BCUT2D eigenvalue weighted by Crippen LogP contribution is 2.21. The van der Waals surface area contributed by atoms with Gasteiger partial charge in [-0.15, -0.1) is 0 Å². The summed E-state index contributed by atoms with van der Waals surface area (Å²) in [6.07, 6.45) is 0. The summed E-state index contributed by atoms with van der Waals surface area (Å²) in [6, 6.07) is 9.58. The molecule has 0 aliphatic carbocycles. The smallest absolute Gasteiger partial charge is 0.277 e. The first-order chi connectivity index (χ1) is 11.3. The predicted octanol–water partition coefficient (Wildman–Crippen LogP) is -0.0311. The lowest BCUT2D eigenvalue weighted by atomic mass is 10.2. The Labute approximate surface area is 141 Å². The van der Waals surface area contributed by atoms with E-state index < -0.39 is 0 Å². The standard InChI is InChI=1S/C17H21N5O2/c1-20(2)16(24)11-21(3)10-15(23)12(9-18)17-19-13-7-5-6-8-14(13)22(17)4/h5-8,23H,10-11H2,1-4H3/p+1/b15-12-. The summed E-state index contributed by atoms with van der Waals surface area (Å²) in [5, 5.41) is 19.9. The molecule has 1 atom stereocenters. The number of benzene rings is 1. The van der Waals surface area contributed by atoms with E-state index in [0.29, 0.717) is 5.82 Å². The van der Waals surface area contributed by atoms with Crippen LogP contribution in [0.2, 0.25) is 0 Å². The van der Waals surface area contributed by atoms with E-state index in [0.717, 1.165) is 15.9 Å². The van der Waals surface area contributed by atoms with Gasteiger partial charge in [-0.1, -0.05) is 12.1 Å². The zero-order valence-corrected chi connectivity index (χ0v) is 14.4. The van der Waals surface area contributed by atoms with Crippen LogP contribution >= 0.6 is 0 Å². The molecule has 1 unspecified atom stereocenters. The summed E-state index contributed by atoms with van der Waals surface area (Å²) >= 11 is 0. The van der Waals surface area contributed by atoms with E-state index in [1.165, 1.54) is 4.90 Å². The quantitative estimate of drug-likeness (QED) is 0.596. The van der Waals surface area contributed by atoms with Gasteiger partial charge in [-0.25, -0.2) is 4.98 Å². The molecule has 0 aliphatic heterocycles. The second-order valence-electron chi connectivity index (χ2n) is 6.02. The zero-order valence-electron chi connectivity index (χ0n) is 14.4. The van der Waals surface area contributed by atoms with Crippen molar-refractivity contribution in [2.24, 2.45) is 7.05 Å². The maximum atomic E-state index is 11.7. The number of aliphatic hydroxyl groups is 1. The van der Waals surface area contributed by atoms with Gasteiger partial charge in [-0.2, -0.15) is 5.26 Å². The van der Waals surface area contributed by atoms with E-state index in [2.05, 4.69) is 4.98 Å². The summed E-state index contributed by atoms with van der Waals surface area (Å²) in [7, 11) is 6.97. The molecule has 24 heavy (non-hydrogen) atoms. The van der Waals surface area contributed by atoms with Crippen LogP contribution in [0.5, 0.6) is 0 Å². The highest BCUT2D eigenvalue weighted by molar-refractivity contribution is 5.83. The molecule has 1 amide bonds. The van der Waals surface area contributed by atoms with Gasteiger partial charge in [0, 0.05) is 21.1 Å². The Kier molecular flexibility index (Phi) is 5.21. The van der Waals surface area contributed by atoms with Crippen molar-refractivity contribution >= 4 is 22.5 Å². The minimum absolute atomic E-state index is 0.0402. The molecule has 7 heteroatoms. The molecule has 2 rings (SSSR count). The second kappa shape index (κ2) is 7.15. The molecule has 1 aromatic carbocycles. The molecule has 0 saturated heterocycles. The molecule has 2 aromatic rings. The average Bonchev–Trinajstić information content (AvgIpc) is 2.85. The number of quaternary nitrogens is 1. The fourth-order valence-electron chi connectivity index (χ4n) is 2.47. The molecular weight excluding hydrogens is 306 g/mol. The van der Waals surface area contributed by atoms with Crippen molar-refractivity contribution in [2.75, 3.05) is 34.2 Å². The number of aromatic nitrogens is 2. The maximum Gasteiger partial charge on any atom is 0.277 e. The summed E-state index contributed by atoms with van der Waals surface area (Å²) in [6.45, 7) is 0.407. The molecule has 0 spiro atoms. The van der Waals surface area contributed by atoms with Crippen LogP contribution in [0, 0.1) is 11.3 Å². The Morgan fingerprint density at radius 1 is 1.38 bits per heavy atom. The van der Waals surface area contributed by atoms with E-state index in [1.54, 1.807) is 32.8 Å². The topological polar surface area (TPSA) is 86.6 Å². The maximum absolute atomic E-state index is 11.7. The van der Waals surface area contributed by atoms with Crippen LogP contribution in [-0.2, 0) is 11.8 Å². The molecule has 126 valence electrons. The number of aryl methyl sites for hydroxylation is 1. The number of allylic oxidation sites excluding steroid dienone is 1. The van der Waals surface area contributed by atoms with Crippen molar-refractivity contribution in [3.05, 3.63) is 35.8 Å². The molecule has 0 fully saturated rings. The van der Waals surface area contributed by atoms with Gasteiger partial charge in [-0.3, -0.25) is 4.79 Å². The number of nitrogens with zero attached hydrogens (tertiary/aromatic N) is 4. The van der Waals surface area contributed by atoms with Gasteiger partial charge in [-0.05, 0) is 12.1 Å². The van der Waals surface area contributed by atoms with Crippen LogP contribution in [0.1, 0.15) is 5.82 Å². The largest absolute Gasteiger partial charge is 0.506 e. The number of fused-ring (bicyclic) bond motifs is 1. The van der Waals surface area contributed by atoms with Crippen LogP contribution in [-0.4, -0.2) is 59.7 Å². The first-order valence-electron chi connectivity index (χ1n) is 7.60. The van der Waals surface area contributed by atoms with Crippen LogP contribution in [0.15, 0.2) is 30.0 Å². The third-order valence-electron chi connectivity index (χ3n) is 3.83. The fourth-order valence-corrected chi connectivity index (χ4v) is 2.47. The van der Waals surface area contributed by atoms with Crippen molar-refractivity contribution in [1.29, 1.82) is 5.26 Å². The number of imidazole rings is 1. The fraction of sp³-hybridized carbons (Fsp3) is 0.353. The number of likely N-dealkylation sites (N-methyl/N-ethyl adjacent to an activating group) is 2. The van der Waals surface area contributed by atoms with E-state index >= 15 is 0 Å². The van der Waals surface area contributed by atoms with E-state index in [4.69, 9.17) is 0 Å². The number of rotatable bonds is 5. The monoisotopic (exact) mass is 328 g/mol. The van der Waals surface area contributed by atoms with Gasteiger partial charge in [0.1, 0.15) is 18.2 Å². The first-order valence-corrected chi connectivity index (χ1v) is 7.60. The van der Waals surface area contributed by atoms with Crippen LogP contribution in [0.3, 0.4) is 0 Å². The molecular formula is C17H22N5O2+. The van der Waals surface area contributed by atoms with Crippen LogP contribution < -0.4 is 4.90 Å². The number of nitrogens with one attached hydrogen (secondary N) is 1. The lowest BCUT2D eigenvalue weighted by molar-refractivity contribution is -0.867. The van der Waals surface area contributed by atoms with E-state index in [-0.39, 0.29) is 30.3 Å². The van der Waals surface area contributed by atoms with Crippen molar-refractivity contribution in [2.45, 2.75) is 0 Å². The second-order valence-corrected chi connectivity index (χ2v) is 6.02. The van der Waals surface area contributed by atoms with E-state index in [1.807, 2.05) is 30.3 Å². The van der Waals surface area contributed by atoms with Gasteiger partial charge < -0.3 is 19.5 Å². The molecule has 0 aliphatic rings. The van der Waals surface area contributed by atoms with Crippen LogP contribution in [0.4, 0.5) is 0 Å². The predicted molar refractivity (Wildman–Crippen MR) is 91.2 cm³/mol. The number of carbonyl (C=O) groups is 1. The molecule has 7 nitrogen and oxygen atoms in total. The third kappa shape index (κ3) is 3.55. The van der Waals surface area contributed by atoms with Crippen molar-refractivity contribution in [1.82, 2.24) is 14.5 Å². The highest BCUT2D eigenvalue weighted by Gasteiger charge is 2.20. The Balaban J connectivity index is 2.31. The Bertz CT molecular complexity index is 829. The van der Waals surface area contributed by atoms with Crippen molar-refractivity contribution in [3.8, 4) is 6.07 Å². The molecule has 1 aromatic heterocycles. The Morgan fingerprint density at radius 2 is 2.04 bits per heavy atom. The van der Waals surface area contributed by atoms with E-state index in [9.17, 15) is 15.2 Å². The summed E-state index contributed by atoms with van der Waals surface area (Å²) in [4.78, 5) is 18.5. The Hall–Kier alpha value is -2.85. The normalized spacial score (nSPS) is 13.3. The van der Waals surface area contributed by atoms with Crippen molar-refractivity contribution in [3.63, 3.8) is 0 Å². The van der Waals surface area contributed by atoms with Crippen molar-refractivity contribution < 1.29 is 14.8 Å². The SMILES string of the molecule is CN(C)C(=O)C[NH+](C)C/C(O)=C(\C#N)c1nc2ccccc2n1C. The number of hydrogen-bond acceptors (Lipinski definition) is 4. The molecule has 0 bridgehead atoms. The molecule has 0 radical (unpaired) electrons. The highest BCUT2D eigenvalue weighted by atomic mass is 16.3. The molecule has 0 saturated carbocycles. The summed E-state index contributed by atoms with van der Waals surface area (Å²) in [5.74, 6) is 0.310. The minimum Gasteiger partial charge on any atom is -0.506 e. The molecule has 1 heterocycles. The lowest BCUT2D eigenvalue weighted by Crippen LogP contribution is -3.10. The number of aliphatic hydroxyl groups excluding tert-OH is 1. The number of carbonyl (C=O) groups excluding carboxylic acids is 1. The summed E-state index contributed by atoms with van der Waals surface area (Å²) < 4.78 is 1.78. The summed E-state index contributed by atoms with van der Waals surface area (Å²) in [5.41, 5.74) is 1.78. The average molecular weight is 328 g/mol. The first kappa shape index (κ1) is 17.5. The Morgan fingerprint density at radius 3 is 2.62 bits per heavy atom.